The number of hydrogen-bond acceptors (Lipinski definition) is 4. The van der Waals surface area contributed by atoms with E-state index in [4.69, 9.17) is 9.72 Å². The van der Waals surface area contributed by atoms with Crippen LogP contribution in [-0.2, 0) is 13.6 Å². The van der Waals surface area contributed by atoms with E-state index in [1.165, 1.54) is 0 Å². The monoisotopic (exact) mass is 386 g/mol. The highest BCUT2D eigenvalue weighted by atomic mass is 16.5. The lowest BCUT2D eigenvalue weighted by Gasteiger charge is -2.10. The summed E-state index contributed by atoms with van der Waals surface area (Å²) in [6, 6.07) is 19.3. The van der Waals surface area contributed by atoms with Crippen LogP contribution in [0.1, 0.15) is 21.6 Å². The maximum Gasteiger partial charge on any atom is 0.252 e. The van der Waals surface area contributed by atoms with Crippen molar-refractivity contribution in [1.82, 2.24) is 20.1 Å². The molecule has 4 aromatic rings. The molecule has 0 aliphatic carbocycles. The highest BCUT2D eigenvalue weighted by molar-refractivity contribution is 6.07. The van der Waals surface area contributed by atoms with Crippen molar-refractivity contribution in [2.75, 3.05) is 7.11 Å². The van der Waals surface area contributed by atoms with E-state index in [-0.39, 0.29) is 5.91 Å². The number of aryl methyl sites for hydroxylation is 2. The fraction of sp³-hybridized carbons (Fsp3) is 0.174. The van der Waals surface area contributed by atoms with Gasteiger partial charge in [-0.3, -0.25) is 9.48 Å². The summed E-state index contributed by atoms with van der Waals surface area (Å²) in [7, 11) is 3.47. The minimum Gasteiger partial charge on any atom is -0.497 e. The molecule has 0 radical (unpaired) electrons. The van der Waals surface area contributed by atoms with Crippen molar-refractivity contribution in [3.8, 4) is 17.0 Å². The molecule has 29 heavy (non-hydrogen) atoms. The van der Waals surface area contributed by atoms with Gasteiger partial charge in [-0.2, -0.15) is 5.10 Å². The van der Waals surface area contributed by atoms with E-state index in [9.17, 15) is 4.79 Å². The summed E-state index contributed by atoms with van der Waals surface area (Å²) in [5.41, 5.74) is 4.70. The van der Waals surface area contributed by atoms with Gasteiger partial charge in [0.2, 0.25) is 0 Å². The van der Waals surface area contributed by atoms with Gasteiger partial charge < -0.3 is 10.1 Å². The second-order valence-corrected chi connectivity index (χ2v) is 6.86. The average Bonchev–Trinajstić information content (AvgIpc) is 3.05. The van der Waals surface area contributed by atoms with Crippen LogP contribution in [0.25, 0.3) is 22.3 Å². The fourth-order valence-electron chi connectivity index (χ4n) is 3.44. The standard InChI is InChI=1S/C23H22N4O2/c1-15-21-19(23(28)24-14-16-8-7-11-18(12-16)29-3)13-20(17-9-5-4-6-10-17)25-22(21)27(2)26-15/h4-13H,14H2,1-3H3,(H,24,28). The van der Waals surface area contributed by atoms with Crippen LogP contribution >= 0.6 is 0 Å². The minimum atomic E-state index is -0.159. The summed E-state index contributed by atoms with van der Waals surface area (Å²) in [4.78, 5) is 17.9. The van der Waals surface area contributed by atoms with Crippen LogP contribution in [0.2, 0.25) is 0 Å². The smallest absolute Gasteiger partial charge is 0.252 e. The Labute approximate surface area is 169 Å². The van der Waals surface area contributed by atoms with Gasteiger partial charge in [0.05, 0.1) is 29.4 Å². The molecule has 0 atom stereocenters. The minimum absolute atomic E-state index is 0.159. The molecule has 0 fully saturated rings. The van der Waals surface area contributed by atoms with Gasteiger partial charge in [0.25, 0.3) is 5.91 Å². The normalized spacial score (nSPS) is 10.9. The van der Waals surface area contributed by atoms with Crippen molar-refractivity contribution in [3.63, 3.8) is 0 Å². The summed E-state index contributed by atoms with van der Waals surface area (Å²) in [6.07, 6.45) is 0. The van der Waals surface area contributed by atoms with Crippen molar-refractivity contribution >= 4 is 16.9 Å². The van der Waals surface area contributed by atoms with Crippen LogP contribution < -0.4 is 10.1 Å². The van der Waals surface area contributed by atoms with Crippen LogP contribution in [0.15, 0.2) is 60.7 Å². The first-order chi connectivity index (χ1) is 14.1. The van der Waals surface area contributed by atoms with Gasteiger partial charge in [-0.15, -0.1) is 0 Å². The predicted molar refractivity (Wildman–Crippen MR) is 113 cm³/mol. The molecule has 2 heterocycles. The Morgan fingerprint density at radius 1 is 1.10 bits per heavy atom. The fourth-order valence-corrected chi connectivity index (χ4v) is 3.44. The Balaban J connectivity index is 1.72. The third-order valence-electron chi connectivity index (χ3n) is 4.87. The first kappa shape index (κ1) is 18.7. The Bertz CT molecular complexity index is 1180. The molecule has 1 amide bonds. The molecule has 0 saturated carbocycles. The summed E-state index contributed by atoms with van der Waals surface area (Å²) in [6.45, 7) is 2.30. The number of carbonyl (C=O) groups excluding carboxylic acids is 1. The van der Waals surface area contributed by atoms with Crippen molar-refractivity contribution in [1.29, 1.82) is 0 Å². The van der Waals surface area contributed by atoms with Crippen molar-refractivity contribution < 1.29 is 9.53 Å². The number of fused-ring (bicyclic) bond motifs is 1. The Morgan fingerprint density at radius 2 is 1.90 bits per heavy atom. The van der Waals surface area contributed by atoms with E-state index < -0.39 is 0 Å². The maximum absolute atomic E-state index is 13.1. The predicted octanol–water partition coefficient (Wildman–Crippen LogP) is 3.88. The molecular formula is C23H22N4O2. The lowest BCUT2D eigenvalue weighted by atomic mass is 10.0. The number of nitrogens with one attached hydrogen (secondary N) is 1. The average molecular weight is 386 g/mol. The van der Waals surface area contributed by atoms with Crippen LogP contribution in [-0.4, -0.2) is 27.8 Å². The molecule has 1 N–H and O–H groups in total. The summed E-state index contributed by atoms with van der Waals surface area (Å²) in [5.74, 6) is 0.603. The topological polar surface area (TPSA) is 69.0 Å². The largest absolute Gasteiger partial charge is 0.497 e. The Hall–Kier alpha value is -3.67. The molecule has 0 aliphatic heterocycles. The molecule has 0 unspecified atom stereocenters. The van der Waals surface area contributed by atoms with Gasteiger partial charge >= 0.3 is 0 Å². The number of ether oxygens (including phenoxy) is 1. The van der Waals surface area contributed by atoms with Crippen LogP contribution in [0.4, 0.5) is 0 Å². The quantitative estimate of drug-likeness (QED) is 0.565. The van der Waals surface area contributed by atoms with Crippen LogP contribution in [0.5, 0.6) is 5.75 Å². The third kappa shape index (κ3) is 3.69. The lowest BCUT2D eigenvalue weighted by molar-refractivity contribution is 0.0952. The Morgan fingerprint density at radius 3 is 2.66 bits per heavy atom. The van der Waals surface area contributed by atoms with Crippen molar-refractivity contribution in [2.24, 2.45) is 7.05 Å². The molecule has 2 aromatic carbocycles. The lowest BCUT2D eigenvalue weighted by Crippen LogP contribution is -2.23. The van der Waals surface area contributed by atoms with Gasteiger partial charge in [0.15, 0.2) is 5.65 Å². The van der Waals surface area contributed by atoms with E-state index in [1.807, 2.05) is 74.6 Å². The number of nitrogens with zero attached hydrogens (tertiary/aromatic N) is 3. The summed E-state index contributed by atoms with van der Waals surface area (Å²) >= 11 is 0. The molecule has 0 aliphatic rings. The van der Waals surface area contributed by atoms with Crippen molar-refractivity contribution in [2.45, 2.75) is 13.5 Å². The Kier molecular flexibility index (Phi) is 4.99. The molecule has 6 nitrogen and oxygen atoms in total. The molecule has 0 spiro atoms. The van der Waals surface area contributed by atoms with E-state index >= 15 is 0 Å². The molecule has 146 valence electrons. The van der Waals surface area contributed by atoms with Gasteiger partial charge in [0.1, 0.15) is 5.75 Å². The number of aromatic nitrogens is 3. The van der Waals surface area contributed by atoms with Gasteiger partial charge in [0, 0.05) is 19.2 Å². The molecule has 2 aromatic heterocycles. The second-order valence-electron chi connectivity index (χ2n) is 6.86. The number of rotatable bonds is 5. The van der Waals surface area contributed by atoms with Gasteiger partial charge in [-0.25, -0.2) is 4.98 Å². The zero-order chi connectivity index (χ0) is 20.4. The zero-order valence-electron chi connectivity index (χ0n) is 16.6. The highest BCUT2D eigenvalue weighted by Crippen LogP contribution is 2.27. The highest BCUT2D eigenvalue weighted by Gasteiger charge is 2.19. The van der Waals surface area contributed by atoms with E-state index in [1.54, 1.807) is 11.8 Å². The molecule has 0 saturated heterocycles. The number of methoxy groups -OCH3 is 1. The van der Waals surface area contributed by atoms with Crippen LogP contribution in [0.3, 0.4) is 0 Å². The van der Waals surface area contributed by atoms with E-state index in [2.05, 4.69) is 10.4 Å². The third-order valence-corrected chi connectivity index (χ3v) is 4.87. The molecule has 4 rings (SSSR count). The number of pyridine rings is 1. The van der Waals surface area contributed by atoms with Gasteiger partial charge in [-0.1, -0.05) is 42.5 Å². The molecule has 0 bridgehead atoms. The van der Waals surface area contributed by atoms with Crippen LogP contribution in [0, 0.1) is 6.92 Å². The molecule has 6 heteroatoms. The summed E-state index contributed by atoms with van der Waals surface area (Å²) < 4.78 is 6.97. The number of benzene rings is 2. The number of hydrogen-bond donors (Lipinski definition) is 1. The van der Waals surface area contributed by atoms with E-state index in [0.29, 0.717) is 17.8 Å². The molecular weight excluding hydrogens is 364 g/mol. The van der Waals surface area contributed by atoms with Gasteiger partial charge in [-0.05, 0) is 30.7 Å². The van der Waals surface area contributed by atoms with E-state index in [0.717, 1.165) is 33.7 Å². The SMILES string of the molecule is COc1cccc(CNC(=O)c2cc(-c3ccccc3)nc3c2c(C)nn3C)c1. The first-order valence-corrected chi connectivity index (χ1v) is 9.37. The summed E-state index contributed by atoms with van der Waals surface area (Å²) in [5, 5.41) is 8.25. The second kappa shape index (κ2) is 7.75. The van der Waals surface area contributed by atoms with Crippen molar-refractivity contribution in [3.05, 3.63) is 77.5 Å². The number of carbonyl (C=O) groups is 1. The maximum atomic E-state index is 13.1. The zero-order valence-corrected chi connectivity index (χ0v) is 16.6. The number of amides is 1. The first-order valence-electron chi connectivity index (χ1n) is 9.37.